The third kappa shape index (κ3) is 2.99. The van der Waals surface area contributed by atoms with Crippen molar-refractivity contribution in [1.82, 2.24) is 9.55 Å². The van der Waals surface area contributed by atoms with E-state index in [9.17, 15) is 4.79 Å². The molecule has 0 saturated carbocycles. The number of aryl methyl sites for hydroxylation is 2. The number of fused-ring (bicyclic) bond motifs is 1. The lowest BCUT2D eigenvalue weighted by Crippen LogP contribution is -2.15. The predicted octanol–water partition coefficient (Wildman–Crippen LogP) is 2.27. The van der Waals surface area contributed by atoms with Crippen LogP contribution in [0.3, 0.4) is 0 Å². The molecule has 20 heavy (non-hydrogen) atoms. The maximum atomic E-state index is 11.9. The standard InChI is InChI=1S/C15H18N4O/c20-15(5-8-19-9-7-16-11-19)18-13-4-3-12-2-1-6-17-14(12)10-13/h3-4,7,9-11,17H,1-2,5-6,8H2,(H,18,20). The van der Waals surface area contributed by atoms with Crippen molar-refractivity contribution < 1.29 is 4.79 Å². The summed E-state index contributed by atoms with van der Waals surface area (Å²) in [6, 6.07) is 6.08. The minimum absolute atomic E-state index is 0.0226. The van der Waals surface area contributed by atoms with E-state index in [0.29, 0.717) is 13.0 Å². The number of hydrogen-bond acceptors (Lipinski definition) is 3. The summed E-state index contributed by atoms with van der Waals surface area (Å²) < 4.78 is 1.90. The number of hydrogen-bond donors (Lipinski definition) is 2. The molecule has 1 aliphatic rings. The molecule has 2 heterocycles. The minimum atomic E-state index is 0.0226. The smallest absolute Gasteiger partial charge is 0.226 e. The Morgan fingerprint density at radius 3 is 3.25 bits per heavy atom. The average molecular weight is 270 g/mol. The van der Waals surface area contributed by atoms with Crippen LogP contribution in [-0.2, 0) is 17.8 Å². The zero-order valence-electron chi connectivity index (χ0n) is 11.3. The van der Waals surface area contributed by atoms with Crippen molar-refractivity contribution >= 4 is 17.3 Å². The first-order chi connectivity index (χ1) is 9.81. The summed E-state index contributed by atoms with van der Waals surface area (Å²) in [4.78, 5) is 15.9. The molecule has 2 aromatic rings. The Bertz CT molecular complexity index is 592. The molecule has 0 bridgehead atoms. The van der Waals surface area contributed by atoms with Crippen molar-refractivity contribution in [2.75, 3.05) is 17.2 Å². The SMILES string of the molecule is O=C(CCn1ccnc1)Nc1ccc2c(c1)NCCC2. The van der Waals surface area contributed by atoms with Crippen LogP contribution < -0.4 is 10.6 Å². The van der Waals surface area contributed by atoms with Crippen molar-refractivity contribution in [3.05, 3.63) is 42.5 Å². The first kappa shape index (κ1) is 12.7. The summed E-state index contributed by atoms with van der Waals surface area (Å²) >= 11 is 0. The first-order valence-corrected chi connectivity index (χ1v) is 6.94. The van der Waals surface area contributed by atoms with Crippen LogP contribution in [0.5, 0.6) is 0 Å². The molecule has 0 saturated heterocycles. The Kier molecular flexibility index (Phi) is 3.67. The van der Waals surface area contributed by atoms with E-state index in [1.54, 1.807) is 12.5 Å². The number of amides is 1. The Balaban J connectivity index is 1.58. The van der Waals surface area contributed by atoms with Gasteiger partial charge in [0.05, 0.1) is 6.33 Å². The lowest BCUT2D eigenvalue weighted by atomic mass is 10.0. The largest absolute Gasteiger partial charge is 0.385 e. The molecule has 5 heteroatoms. The van der Waals surface area contributed by atoms with Gasteiger partial charge in [-0.25, -0.2) is 4.98 Å². The molecule has 0 radical (unpaired) electrons. The van der Waals surface area contributed by atoms with Crippen LogP contribution in [0.1, 0.15) is 18.4 Å². The maximum Gasteiger partial charge on any atom is 0.226 e. The van der Waals surface area contributed by atoms with E-state index in [2.05, 4.69) is 21.7 Å². The highest BCUT2D eigenvalue weighted by Crippen LogP contribution is 2.25. The summed E-state index contributed by atoms with van der Waals surface area (Å²) in [5, 5.41) is 6.31. The van der Waals surface area contributed by atoms with Crippen molar-refractivity contribution in [3.8, 4) is 0 Å². The number of nitrogens with one attached hydrogen (secondary N) is 2. The van der Waals surface area contributed by atoms with Gasteiger partial charge >= 0.3 is 0 Å². The van der Waals surface area contributed by atoms with E-state index in [1.807, 2.05) is 22.9 Å². The second-order valence-corrected chi connectivity index (χ2v) is 5.00. The Morgan fingerprint density at radius 2 is 2.40 bits per heavy atom. The summed E-state index contributed by atoms with van der Waals surface area (Å²) in [5.41, 5.74) is 3.32. The normalized spacial score (nSPS) is 13.4. The summed E-state index contributed by atoms with van der Waals surface area (Å²) in [6.07, 6.45) is 8.01. The van der Waals surface area contributed by atoms with Crippen molar-refractivity contribution in [1.29, 1.82) is 0 Å². The quantitative estimate of drug-likeness (QED) is 0.896. The van der Waals surface area contributed by atoms with E-state index in [0.717, 1.165) is 24.3 Å². The van der Waals surface area contributed by atoms with Gasteiger partial charge in [0.1, 0.15) is 0 Å². The van der Waals surface area contributed by atoms with E-state index < -0.39 is 0 Å². The number of nitrogens with zero attached hydrogens (tertiary/aromatic N) is 2. The molecule has 3 rings (SSSR count). The first-order valence-electron chi connectivity index (χ1n) is 6.94. The molecule has 0 aliphatic carbocycles. The monoisotopic (exact) mass is 270 g/mol. The lowest BCUT2D eigenvalue weighted by Gasteiger charge is -2.18. The second-order valence-electron chi connectivity index (χ2n) is 5.00. The number of benzene rings is 1. The predicted molar refractivity (Wildman–Crippen MR) is 78.7 cm³/mol. The van der Waals surface area contributed by atoms with E-state index in [1.165, 1.54) is 12.0 Å². The summed E-state index contributed by atoms with van der Waals surface area (Å²) in [7, 11) is 0. The van der Waals surface area contributed by atoms with Gasteiger partial charge in [-0.2, -0.15) is 0 Å². The van der Waals surface area contributed by atoms with Crippen LogP contribution >= 0.6 is 0 Å². The molecule has 1 aliphatic heterocycles. The molecule has 1 aromatic carbocycles. The van der Waals surface area contributed by atoms with Gasteiger partial charge in [-0.05, 0) is 30.5 Å². The van der Waals surface area contributed by atoms with Crippen LogP contribution in [0.4, 0.5) is 11.4 Å². The lowest BCUT2D eigenvalue weighted by molar-refractivity contribution is -0.116. The van der Waals surface area contributed by atoms with Crippen molar-refractivity contribution in [2.24, 2.45) is 0 Å². The van der Waals surface area contributed by atoms with Crippen molar-refractivity contribution in [3.63, 3.8) is 0 Å². The highest BCUT2D eigenvalue weighted by Gasteiger charge is 2.10. The molecule has 0 unspecified atom stereocenters. The zero-order chi connectivity index (χ0) is 13.8. The molecule has 0 atom stereocenters. The third-order valence-corrected chi connectivity index (χ3v) is 3.49. The van der Waals surface area contributed by atoms with Gasteiger partial charge in [0, 0.05) is 43.3 Å². The molecule has 0 spiro atoms. The number of carbonyl (C=O) groups is 1. The van der Waals surface area contributed by atoms with Crippen LogP contribution in [-0.4, -0.2) is 22.0 Å². The minimum Gasteiger partial charge on any atom is -0.385 e. The van der Waals surface area contributed by atoms with E-state index in [4.69, 9.17) is 0 Å². The van der Waals surface area contributed by atoms with Gasteiger partial charge in [-0.1, -0.05) is 6.07 Å². The zero-order valence-corrected chi connectivity index (χ0v) is 11.3. The van der Waals surface area contributed by atoms with Crippen LogP contribution in [0.25, 0.3) is 0 Å². The highest BCUT2D eigenvalue weighted by molar-refractivity contribution is 5.91. The second kappa shape index (κ2) is 5.77. The number of carbonyl (C=O) groups excluding carboxylic acids is 1. The fraction of sp³-hybridized carbons (Fsp3) is 0.333. The highest BCUT2D eigenvalue weighted by atomic mass is 16.1. The number of anilines is 2. The Labute approximate surface area is 118 Å². The Morgan fingerprint density at radius 1 is 1.45 bits per heavy atom. The average Bonchev–Trinajstić information content (AvgIpc) is 2.98. The molecule has 1 aromatic heterocycles. The maximum absolute atomic E-state index is 11.9. The van der Waals surface area contributed by atoms with Gasteiger partial charge in [0.2, 0.25) is 5.91 Å². The molecule has 5 nitrogen and oxygen atoms in total. The van der Waals surface area contributed by atoms with Crippen LogP contribution in [0, 0.1) is 0 Å². The fourth-order valence-electron chi connectivity index (χ4n) is 2.41. The molecular weight excluding hydrogens is 252 g/mol. The number of imidazole rings is 1. The Hall–Kier alpha value is -2.30. The van der Waals surface area contributed by atoms with Gasteiger partial charge in [0.15, 0.2) is 0 Å². The molecule has 104 valence electrons. The third-order valence-electron chi connectivity index (χ3n) is 3.49. The number of aromatic nitrogens is 2. The van der Waals surface area contributed by atoms with E-state index >= 15 is 0 Å². The molecular formula is C15H18N4O. The summed E-state index contributed by atoms with van der Waals surface area (Å²) in [5.74, 6) is 0.0226. The fourth-order valence-corrected chi connectivity index (χ4v) is 2.41. The summed E-state index contributed by atoms with van der Waals surface area (Å²) in [6.45, 7) is 1.65. The van der Waals surface area contributed by atoms with Gasteiger partial charge in [0.25, 0.3) is 0 Å². The van der Waals surface area contributed by atoms with Crippen LogP contribution in [0.2, 0.25) is 0 Å². The molecule has 0 fully saturated rings. The molecule has 1 amide bonds. The number of rotatable bonds is 4. The van der Waals surface area contributed by atoms with Crippen LogP contribution in [0.15, 0.2) is 36.9 Å². The van der Waals surface area contributed by atoms with Gasteiger partial charge in [-0.3, -0.25) is 4.79 Å². The molecule has 2 N–H and O–H groups in total. The van der Waals surface area contributed by atoms with Gasteiger partial charge < -0.3 is 15.2 Å². The van der Waals surface area contributed by atoms with E-state index in [-0.39, 0.29) is 5.91 Å². The van der Waals surface area contributed by atoms with Gasteiger partial charge in [-0.15, -0.1) is 0 Å². The van der Waals surface area contributed by atoms with Crippen molar-refractivity contribution in [2.45, 2.75) is 25.8 Å². The topological polar surface area (TPSA) is 59.0 Å².